The molecule has 0 heterocycles. The molecule has 0 aromatic heterocycles. The van der Waals surface area contributed by atoms with Gasteiger partial charge in [-0.05, 0) is 0 Å². The number of nitrogens with zero attached hydrogens (tertiary/aromatic N) is 1. The molecule has 2 heteroatoms. The molecular formula is C40H44NP. The molecule has 214 valence electrons. The Balaban J connectivity index is 1.87. The van der Waals surface area contributed by atoms with Crippen molar-refractivity contribution >= 4 is 23.6 Å². The molecule has 0 fully saturated rings. The summed E-state index contributed by atoms with van der Waals surface area (Å²) >= 11 is 0. The maximum atomic E-state index is 5.35. The van der Waals surface area contributed by atoms with Gasteiger partial charge in [0.1, 0.15) is 0 Å². The van der Waals surface area contributed by atoms with Crippen LogP contribution in [0.15, 0.2) is 185 Å². The Bertz CT molecular complexity index is 1540. The number of rotatable bonds is 10. The molecule has 0 spiro atoms. The van der Waals surface area contributed by atoms with Crippen molar-refractivity contribution in [1.29, 1.82) is 0 Å². The number of aliphatic imine (C=N–C) groups is 1. The molecular weight excluding hydrogens is 525 g/mol. The topological polar surface area (TPSA) is 12.4 Å². The van der Waals surface area contributed by atoms with Crippen molar-refractivity contribution in [3.05, 3.63) is 180 Å². The van der Waals surface area contributed by atoms with Crippen molar-refractivity contribution in [3.63, 3.8) is 0 Å². The molecule has 4 rings (SSSR count). The van der Waals surface area contributed by atoms with Gasteiger partial charge in [0.15, 0.2) is 0 Å². The van der Waals surface area contributed by atoms with Crippen molar-refractivity contribution in [2.75, 3.05) is 6.66 Å². The standard InChI is InChI=1S/C40H44NP/c1-8-20-38(39-28-27-30(3)32(5)40(39)41-33(6)34-21-14-10-11-15-22-34)31(4)29-35(9-2)42(7,36-23-16-12-17-24-36)37-25-18-13-19-26-37/h8-19,21,23-29,33,42H,1-2,4,20,22H2,3,5-7H3/b35-29+,39-38+,41-40-. The van der Waals surface area contributed by atoms with Crippen molar-refractivity contribution in [3.8, 4) is 0 Å². The molecule has 0 amide bonds. The first-order valence-electron chi connectivity index (χ1n) is 14.8. The second-order valence-corrected chi connectivity index (χ2v) is 15.1. The van der Waals surface area contributed by atoms with Crippen LogP contribution in [0.4, 0.5) is 0 Å². The van der Waals surface area contributed by atoms with Crippen molar-refractivity contribution in [2.24, 2.45) is 4.99 Å². The van der Waals surface area contributed by atoms with E-state index in [-0.39, 0.29) is 6.04 Å². The molecule has 0 saturated heterocycles. The fourth-order valence-corrected chi connectivity index (χ4v) is 9.26. The van der Waals surface area contributed by atoms with Gasteiger partial charge in [0.25, 0.3) is 0 Å². The average molecular weight is 570 g/mol. The van der Waals surface area contributed by atoms with Crippen LogP contribution in [0.25, 0.3) is 0 Å². The van der Waals surface area contributed by atoms with Crippen LogP contribution in [0.1, 0.15) is 33.6 Å². The van der Waals surface area contributed by atoms with Gasteiger partial charge in [0.05, 0.1) is 0 Å². The Kier molecular flexibility index (Phi) is 10.5. The normalized spacial score (nSPS) is 18.8. The fourth-order valence-electron chi connectivity index (χ4n) is 5.67. The van der Waals surface area contributed by atoms with Crippen LogP contribution in [0.3, 0.4) is 0 Å². The predicted molar refractivity (Wildman–Crippen MR) is 191 cm³/mol. The molecule has 0 aliphatic heterocycles. The van der Waals surface area contributed by atoms with E-state index in [0.717, 1.165) is 28.9 Å². The van der Waals surface area contributed by atoms with Crippen LogP contribution < -0.4 is 10.6 Å². The minimum atomic E-state index is -2.35. The van der Waals surface area contributed by atoms with Gasteiger partial charge in [-0.25, -0.2) is 0 Å². The number of hydrogen-bond acceptors (Lipinski definition) is 1. The summed E-state index contributed by atoms with van der Waals surface area (Å²) in [5, 5.41) is 3.91. The summed E-state index contributed by atoms with van der Waals surface area (Å²) in [5.74, 6) is 0. The Morgan fingerprint density at radius 1 is 0.929 bits per heavy atom. The summed E-state index contributed by atoms with van der Waals surface area (Å²) in [6.07, 6.45) is 23.0. The van der Waals surface area contributed by atoms with Crippen LogP contribution in [0.5, 0.6) is 0 Å². The second-order valence-electron chi connectivity index (χ2n) is 11.1. The van der Waals surface area contributed by atoms with Crippen LogP contribution in [-0.2, 0) is 0 Å². The number of allylic oxidation sites excluding steroid dienone is 16. The fraction of sp³-hybridized carbons (Fsp3) is 0.175. The Labute approximate surface area is 254 Å². The Morgan fingerprint density at radius 2 is 1.57 bits per heavy atom. The monoisotopic (exact) mass is 569 g/mol. The van der Waals surface area contributed by atoms with Crippen molar-refractivity contribution in [1.82, 2.24) is 0 Å². The predicted octanol–water partition coefficient (Wildman–Crippen LogP) is 9.69. The van der Waals surface area contributed by atoms with Crippen molar-refractivity contribution in [2.45, 2.75) is 39.7 Å². The molecule has 2 aliphatic rings. The summed E-state index contributed by atoms with van der Waals surface area (Å²) in [5.41, 5.74) is 8.02. The third-order valence-electron chi connectivity index (χ3n) is 8.47. The van der Waals surface area contributed by atoms with Gasteiger partial charge in [0.2, 0.25) is 0 Å². The molecule has 0 N–H and O–H groups in total. The number of hydrogen-bond donors (Lipinski definition) is 0. The van der Waals surface area contributed by atoms with E-state index in [0.29, 0.717) is 6.42 Å². The van der Waals surface area contributed by atoms with Crippen molar-refractivity contribution < 1.29 is 0 Å². The maximum absolute atomic E-state index is 5.35. The zero-order valence-electron chi connectivity index (χ0n) is 25.6. The van der Waals surface area contributed by atoms with Gasteiger partial charge in [-0.3, -0.25) is 0 Å². The second kappa shape index (κ2) is 14.2. The van der Waals surface area contributed by atoms with E-state index in [9.17, 15) is 0 Å². The van der Waals surface area contributed by atoms with Gasteiger partial charge in [0, 0.05) is 0 Å². The van der Waals surface area contributed by atoms with E-state index in [2.05, 4.69) is 156 Å². The van der Waals surface area contributed by atoms with Gasteiger partial charge in [-0.15, -0.1) is 0 Å². The van der Waals surface area contributed by atoms with E-state index >= 15 is 0 Å². The molecule has 2 aromatic rings. The summed E-state index contributed by atoms with van der Waals surface area (Å²) in [4.78, 5) is 5.35. The zero-order valence-corrected chi connectivity index (χ0v) is 26.6. The third-order valence-corrected chi connectivity index (χ3v) is 13.0. The molecule has 0 radical (unpaired) electrons. The molecule has 1 atom stereocenters. The van der Waals surface area contributed by atoms with E-state index < -0.39 is 7.26 Å². The molecule has 1 nitrogen and oxygen atoms in total. The van der Waals surface area contributed by atoms with Gasteiger partial charge >= 0.3 is 255 Å². The van der Waals surface area contributed by atoms with Crippen LogP contribution in [0.2, 0.25) is 0 Å². The third kappa shape index (κ3) is 6.70. The van der Waals surface area contributed by atoms with E-state index in [1.807, 2.05) is 12.2 Å². The summed E-state index contributed by atoms with van der Waals surface area (Å²) in [6.45, 7) is 22.0. The van der Waals surface area contributed by atoms with Crippen LogP contribution in [-0.4, -0.2) is 18.4 Å². The van der Waals surface area contributed by atoms with Crippen LogP contribution >= 0.6 is 7.26 Å². The molecule has 1 unspecified atom stereocenters. The zero-order chi connectivity index (χ0) is 30.1. The SMILES string of the molecule is C=CC/C(C(=C)/C=C(\C=C)[PH](C)(c1ccccc1)c1ccccc1)=C1/C=CC(C)=C(C)/C1=N/C(C)C1=CC=CC=CC1. The van der Waals surface area contributed by atoms with Gasteiger partial charge in [-0.1, -0.05) is 0 Å². The first-order chi connectivity index (χ1) is 20.3. The van der Waals surface area contributed by atoms with Gasteiger partial charge in [-0.2, -0.15) is 0 Å². The summed E-state index contributed by atoms with van der Waals surface area (Å²) in [6, 6.07) is 21.8. The molecule has 2 aliphatic carbocycles. The number of benzene rings is 2. The quantitative estimate of drug-likeness (QED) is 0.153. The Morgan fingerprint density at radius 3 is 2.17 bits per heavy atom. The summed E-state index contributed by atoms with van der Waals surface area (Å²) in [7, 11) is -2.35. The Hall–Kier alpha value is -4.06. The van der Waals surface area contributed by atoms with E-state index in [1.165, 1.54) is 32.6 Å². The first-order valence-corrected chi connectivity index (χ1v) is 17.3. The average Bonchev–Trinajstić information content (AvgIpc) is 3.32. The minimum absolute atomic E-state index is 0.0565. The molecule has 0 saturated carbocycles. The van der Waals surface area contributed by atoms with E-state index in [4.69, 9.17) is 4.99 Å². The van der Waals surface area contributed by atoms with E-state index in [1.54, 1.807) is 0 Å². The van der Waals surface area contributed by atoms with Crippen LogP contribution in [0, 0.1) is 0 Å². The first kappa shape index (κ1) is 30.9. The molecule has 2 aromatic carbocycles. The molecule has 0 bridgehead atoms. The van der Waals surface area contributed by atoms with Gasteiger partial charge < -0.3 is 0 Å². The summed E-state index contributed by atoms with van der Waals surface area (Å²) < 4.78 is 0. The molecule has 42 heavy (non-hydrogen) atoms.